The molecular formula is C8H14NO3. The Morgan fingerprint density at radius 1 is 1.50 bits per heavy atom. The van der Waals surface area contributed by atoms with Crippen LogP contribution in [0, 0.1) is 0 Å². The van der Waals surface area contributed by atoms with Crippen LogP contribution in [0.1, 0.15) is 19.3 Å². The van der Waals surface area contributed by atoms with E-state index in [4.69, 9.17) is 0 Å². The summed E-state index contributed by atoms with van der Waals surface area (Å²) >= 11 is 0. The monoisotopic (exact) mass is 172 g/mol. The topological polar surface area (TPSA) is 46.6 Å². The molecule has 1 amide bonds. The Morgan fingerprint density at radius 2 is 2.17 bits per heavy atom. The smallest absolute Gasteiger partial charge is 0.409 e. The van der Waals surface area contributed by atoms with E-state index in [1.807, 2.05) is 0 Å². The van der Waals surface area contributed by atoms with E-state index >= 15 is 0 Å². The number of carbonyl (C=O) groups excluding carboxylic acids is 2. The highest BCUT2D eigenvalue weighted by atomic mass is 16.5. The van der Waals surface area contributed by atoms with E-state index in [2.05, 4.69) is 4.74 Å². The minimum atomic E-state index is -0.343. The van der Waals surface area contributed by atoms with Crippen LogP contribution in [-0.4, -0.2) is 38.0 Å². The van der Waals surface area contributed by atoms with E-state index in [1.165, 1.54) is 12.0 Å². The molecule has 0 aromatic carbocycles. The Morgan fingerprint density at radius 3 is 2.67 bits per heavy atom. The molecule has 4 nitrogen and oxygen atoms in total. The maximum Gasteiger partial charge on any atom is 0.409 e. The molecule has 0 bridgehead atoms. The summed E-state index contributed by atoms with van der Waals surface area (Å²) in [4.78, 5) is 22.1. The summed E-state index contributed by atoms with van der Waals surface area (Å²) in [7, 11) is 3.01. The molecular weight excluding hydrogens is 158 g/mol. The highest BCUT2D eigenvalue weighted by molar-refractivity contribution is 5.66. The van der Waals surface area contributed by atoms with Crippen molar-refractivity contribution in [1.29, 1.82) is 0 Å². The average molecular weight is 172 g/mol. The molecule has 0 N–H and O–H groups in total. The van der Waals surface area contributed by atoms with Crippen LogP contribution in [-0.2, 0) is 9.53 Å². The van der Waals surface area contributed by atoms with Gasteiger partial charge in [-0.3, -0.25) is 4.79 Å². The number of ether oxygens (including phenoxy) is 1. The predicted octanol–water partition coefficient (Wildman–Crippen LogP) is 0.965. The van der Waals surface area contributed by atoms with Gasteiger partial charge in [-0.15, -0.1) is 0 Å². The molecule has 0 spiro atoms. The van der Waals surface area contributed by atoms with Crippen molar-refractivity contribution in [2.75, 3.05) is 20.7 Å². The quantitative estimate of drug-likeness (QED) is 0.580. The Balaban J connectivity index is 3.36. The fourth-order valence-corrected chi connectivity index (χ4v) is 0.793. The fourth-order valence-electron chi connectivity index (χ4n) is 0.793. The first kappa shape index (κ1) is 10.9. The molecule has 0 aliphatic rings. The summed E-state index contributed by atoms with van der Waals surface area (Å²) < 4.78 is 4.48. The van der Waals surface area contributed by atoms with E-state index in [1.54, 1.807) is 13.3 Å². The number of unbranched alkanes of at least 4 members (excludes halogenated alkanes) is 2. The van der Waals surface area contributed by atoms with Crippen molar-refractivity contribution in [1.82, 2.24) is 4.90 Å². The molecule has 1 radical (unpaired) electrons. The van der Waals surface area contributed by atoms with Crippen LogP contribution >= 0.6 is 0 Å². The van der Waals surface area contributed by atoms with Crippen LogP contribution in [0.25, 0.3) is 0 Å². The Labute approximate surface area is 72.5 Å². The zero-order valence-corrected chi connectivity index (χ0v) is 7.50. The van der Waals surface area contributed by atoms with Crippen LogP contribution in [0.15, 0.2) is 0 Å². The number of nitrogens with zero attached hydrogens (tertiary/aromatic N) is 1. The summed E-state index contributed by atoms with van der Waals surface area (Å²) in [5, 5.41) is 0. The second-order valence-electron chi connectivity index (χ2n) is 2.49. The molecule has 12 heavy (non-hydrogen) atoms. The van der Waals surface area contributed by atoms with Gasteiger partial charge in [-0.1, -0.05) is 0 Å². The van der Waals surface area contributed by atoms with E-state index < -0.39 is 0 Å². The number of methoxy groups -OCH3 is 1. The van der Waals surface area contributed by atoms with Crippen molar-refractivity contribution in [2.24, 2.45) is 0 Å². The first-order valence-electron chi connectivity index (χ1n) is 3.86. The van der Waals surface area contributed by atoms with Crippen LogP contribution < -0.4 is 0 Å². The largest absolute Gasteiger partial charge is 0.453 e. The molecule has 0 aromatic rings. The molecule has 0 rings (SSSR count). The van der Waals surface area contributed by atoms with Gasteiger partial charge >= 0.3 is 6.09 Å². The Kier molecular flexibility index (Phi) is 6.05. The van der Waals surface area contributed by atoms with E-state index in [-0.39, 0.29) is 6.09 Å². The lowest BCUT2D eigenvalue weighted by Gasteiger charge is -2.14. The van der Waals surface area contributed by atoms with E-state index in [0.717, 1.165) is 12.8 Å². The van der Waals surface area contributed by atoms with E-state index in [9.17, 15) is 9.59 Å². The summed E-state index contributed by atoms with van der Waals surface area (Å²) in [6, 6.07) is 0. The van der Waals surface area contributed by atoms with Crippen LogP contribution in [0.3, 0.4) is 0 Å². The summed E-state index contributed by atoms with van der Waals surface area (Å²) in [5.41, 5.74) is 0. The fraction of sp³-hybridized carbons (Fsp3) is 0.750. The molecule has 0 aromatic heterocycles. The number of hydrogen-bond donors (Lipinski definition) is 0. The highest BCUT2D eigenvalue weighted by Crippen LogP contribution is 1.96. The van der Waals surface area contributed by atoms with Crippen molar-refractivity contribution in [3.63, 3.8) is 0 Å². The standard InChI is InChI=1S/C8H14NO3/c1-9(8(11)12-2)6-4-3-5-7-10/h3-6H2,1-2H3. The van der Waals surface area contributed by atoms with Gasteiger partial charge in [0.25, 0.3) is 0 Å². The van der Waals surface area contributed by atoms with Crippen molar-refractivity contribution < 1.29 is 14.3 Å². The Bertz CT molecular complexity index is 147. The number of rotatable bonds is 5. The van der Waals surface area contributed by atoms with Crippen molar-refractivity contribution in [2.45, 2.75) is 19.3 Å². The summed E-state index contributed by atoms with van der Waals surface area (Å²) in [5.74, 6) is 0. The number of carbonyl (C=O) groups is 1. The molecule has 0 fully saturated rings. The zero-order chi connectivity index (χ0) is 9.40. The van der Waals surface area contributed by atoms with Gasteiger partial charge in [0.05, 0.1) is 7.11 Å². The van der Waals surface area contributed by atoms with Crippen LogP contribution in [0.5, 0.6) is 0 Å². The molecule has 0 saturated carbocycles. The van der Waals surface area contributed by atoms with Gasteiger partial charge in [-0.05, 0) is 12.8 Å². The third-order valence-corrected chi connectivity index (χ3v) is 1.51. The SMILES string of the molecule is COC(=O)N(C)CCCC[C]=O. The molecule has 0 saturated heterocycles. The lowest BCUT2D eigenvalue weighted by atomic mass is 10.2. The third kappa shape index (κ3) is 4.71. The molecule has 0 aliphatic heterocycles. The maximum absolute atomic E-state index is 10.8. The van der Waals surface area contributed by atoms with Crippen molar-refractivity contribution in [3.8, 4) is 0 Å². The normalized spacial score (nSPS) is 9.17. The second-order valence-corrected chi connectivity index (χ2v) is 2.49. The van der Waals surface area contributed by atoms with Crippen LogP contribution in [0.4, 0.5) is 4.79 Å². The number of hydrogen-bond acceptors (Lipinski definition) is 3. The highest BCUT2D eigenvalue weighted by Gasteiger charge is 2.05. The van der Waals surface area contributed by atoms with Gasteiger partial charge in [-0.25, -0.2) is 4.79 Å². The lowest BCUT2D eigenvalue weighted by molar-refractivity contribution is 0.133. The minimum absolute atomic E-state index is 0.343. The molecule has 4 heteroatoms. The van der Waals surface area contributed by atoms with Gasteiger partial charge in [0.2, 0.25) is 0 Å². The maximum atomic E-state index is 10.8. The zero-order valence-electron chi connectivity index (χ0n) is 7.50. The van der Waals surface area contributed by atoms with Gasteiger partial charge in [-0.2, -0.15) is 0 Å². The first-order valence-corrected chi connectivity index (χ1v) is 3.86. The van der Waals surface area contributed by atoms with Gasteiger partial charge in [0.1, 0.15) is 0 Å². The third-order valence-electron chi connectivity index (χ3n) is 1.51. The number of amides is 1. The molecule has 0 atom stereocenters. The minimum Gasteiger partial charge on any atom is -0.453 e. The van der Waals surface area contributed by atoms with Gasteiger partial charge in [0.15, 0.2) is 6.29 Å². The molecule has 69 valence electrons. The van der Waals surface area contributed by atoms with Crippen molar-refractivity contribution in [3.05, 3.63) is 0 Å². The second kappa shape index (κ2) is 6.64. The van der Waals surface area contributed by atoms with Gasteiger partial charge in [0, 0.05) is 20.0 Å². The van der Waals surface area contributed by atoms with E-state index in [0.29, 0.717) is 13.0 Å². The average Bonchev–Trinajstić information content (AvgIpc) is 2.10. The molecule has 0 unspecified atom stereocenters. The summed E-state index contributed by atoms with van der Waals surface area (Å²) in [6.45, 7) is 0.619. The lowest BCUT2D eigenvalue weighted by Crippen LogP contribution is -2.27. The first-order chi connectivity index (χ1) is 5.72. The predicted molar refractivity (Wildman–Crippen MR) is 44.6 cm³/mol. The van der Waals surface area contributed by atoms with Crippen LogP contribution in [0.2, 0.25) is 0 Å². The Hall–Kier alpha value is -1.06. The van der Waals surface area contributed by atoms with Crippen molar-refractivity contribution >= 4 is 12.4 Å². The summed E-state index contributed by atoms with van der Waals surface area (Å²) in [6.07, 6.45) is 3.47. The molecule has 0 aliphatic carbocycles. The molecule has 0 heterocycles. The van der Waals surface area contributed by atoms with Gasteiger partial charge < -0.3 is 9.64 Å².